The highest BCUT2D eigenvalue weighted by molar-refractivity contribution is 5.38. The van der Waals surface area contributed by atoms with E-state index in [9.17, 15) is 0 Å². The van der Waals surface area contributed by atoms with E-state index in [0.717, 1.165) is 30.6 Å². The van der Waals surface area contributed by atoms with Gasteiger partial charge in [-0.05, 0) is 46.1 Å². The fourth-order valence-corrected chi connectivity index (χ4v) is 2.84. The highest BCUT2D eigenvalue weighted by atomic mass is 16.5. The van der Waals surface area contributed by atoms with Crippen molar-refractivity contribution in [1.29, 1.82) is 0 Å². The molecule has 1 fully saturated rings. The third kappa shape index (κ3) is 2.41. The van der Waals surface area contributed by atoms with Gasteiger partial charge in [-0.25, -0.2) is 4.98 Å². The molecule has 1 aromatic rings. The van der Waals surface area contributed by atoms with Crippen molar-refractivity contribution in [2.75, 3.05) is 0 Å². The van der Waals surface area contributed by atoms with E-state index >= 15 is 0 Å². The van der Waals surface area contributed by atoms with Crippen molar-refractivity contribution in [2.24, 2.45) is 5.73 Å². The number of rotatable bonds is 1. The molecule has 0 saturated heterocycles. The summed E-state index contributed by atoms with van der Waals surface area (Å²) in [7, 11) is 0. The van der Waals surface area contributed by atoms with Crippen molar-refractivity contribution >= 4 is 0 Å². The third-order valence-electron chi connectivity index (χ3n) is 3.85. The van der Waals surface area contributed by atoms with E-state index in [2.05, 4.69) is 4.98 Å². The van der Waals surface area contributed by atoms with Crippen LogP contribution in [0.1, 0.15) is 58.1 Å². The van der Waals surface area contributed by atoms with Gasteiger partial charge in [0, 0.05) is 18.0 Å². The quantitative estimate of drug-likeness (QED) is 0.845. The zero-order chi connectivity index (χ0) is 13.7. The lowest BCUT2D eigenvalue weighted by Crippen LogP contribution is -2.48. The number of fused-ring (bicyclic) bond motifs is 1. The number of aromatic nitrogens is 1. The second kappa shape index (κ2) is 4.10. The first-order valence-electron chi connectivity index (χ1n) is 7.01. The maximum Gasteiger partial charge on any atom is 0.218 e. The summed E-state index contributed by atoms with van der Waals surface area (Å²) in [6.07, 6.45) is 6.05. The van der Waals surface area contributed by atoms with Crippen molar-refractivity contribution in [2.45, 2.75) is 63.7 Å². The fourth-order valence-electron chi connectivity index (χ4n) is 2.84. The molecule has 4 heteroatoms. The molecule has 1 aromatic heterocycles. The molecule has 1 aliphatic carbocycles. The van der Waals surface area contributed by atoms with Crippen molar-refractivity contribution < 1.29 is 9.47 Å². The fraction of sp³-hybridized carbons (Fsp3) is 0.667. The van der Waals surface area contributed by atoms with Gasteiger partial charge in [0.2, 0.25) is 5.88 Å². The van der Waals surface area contributed by atoms with Crippen molar-refractivity contribution in [3.63, 3.8) is 0 Å². The van der Waals surface area contributed by atoms with Gasteiger partial charge in [-0.2, -0.15) is 0 Å². The summed E-state index contributed by atoms with van der Waals surface area (Å²) in [6, 6.07) is 1.98. The molecule has 1 spiro atoms. The predicted molar refractivity (Wildman–Crippen MR) is 73.4 cm³/mol. The first-order chi connectivity index (χ1) is 8.87. The number of hydrogen-bond acceptors (Lipinski definition) is 4. The van der Waals surface area contributed by atoms with Gasteiger partial charge in [0.15, 0.2) is 0 Å². The molecule has 0 radical (unpaired) electrons. The summed E-state index contributed by atoms with van der Waals surface area (Å²) in [4.78, 5) is 4.40. The lowest BCUT2D eigenvalue weighted by atomic mass is 9.73. The molecule has 2 heterocycles. The molecule has 3 rings (SSSR count). The van der Waals surface area contributed by atoms with Crippen LogP contribution in [-0.4, -0.2) is 16.2 Å². The van der Waals surface area contributed by atoms with E-state index in [0.29, 0.717) is 5.88 Å². The van der Waals surface area contributed by atoms with Crippen LogP contribution in [0.25, 0.3) is 0 Å². The Hall–Kier alpha value is -1.29. The Morgan fingerprint density at radius 1 is 1.42 bits per heavy atom. The SMILES string of the molecule is CC(C)(C)Oc1cnc2c(c1)C(N)CC1(CCC1)O2. The van der Waals surface area contributed by atoms with Crippen LogP contribution in [-0.2, 0) is 0 Å². The molecule has 2 aliphatic rings. The molecule has 1 unspecified atom stereocenters. The van der Waals surface area contributed by atoms with Crippen LogP contribution in [0.4, 0.5) is 0 Å². The van der Waals surface area contributed by atoms with E-state index in [1.807, 2.05) is 26.8 Å². The molecule has 0 bridgehead atoms. The predicted octanol–water partition coefficient (Wildman–Crippen LogP) is 2.96. The van der Waals surface area contributed by atoms with Gasteiger partial charge in [-0.3, -0.25) is 0 Å². The standard InChI is InChI=1S/C15H22N2O2/c1-14(2,3)18-10-7-11-12(16)8-15(5-4-6-15)19-13(11)17-9-10/h7,9,12H,4-6,8,16H2,1-3H3. The van der Waals surface area contributed by atoms with Crippen LogP contribution in [0.2, 0.25) is 0 Å². The topological polar surface area (TPSA) is 57.4 Å². The van der Waals surface area contributed by atoms with Crippen LogP contribution >= 0.6 is 0 Å². The molecule has 0 amide bonds. The van der Waals surface area contributed by atoms with Gasteiger partial charge >= 0.3 is 0 Å². The number of ether oxygens (including phenoxy) is 2. The average Bonchev–Trinajstić information content (AvgIpc) is 2.25. The van der Waals surface area contributed by atoms with Gasteiger partial charge in [0.1, 0.15) is 17.0 Å². The van der Waals surface area contributed by atoms with Gasteiger partial charge < -0.3 is 15.2 Å². The normalized spacial score (nSPS) is 24.3. The molecule has 104 valence electrons. The number of nitrogens with two attached hydrogens (primary N) is 1. The molecular formula is C15H22N2O2. The Balaban J connectivity index is 1.87. The summed E-state index contributed by atoms with van der Waals surface area (Å²) in [6.45, 7) is 6.06. The number of nitrogens with zero attached hydrogens (tertiary/aromatic N) is 1. The van der Waals surface area contributed by atoms with Crippen molar-refractivity contribution in [1.82, 2.24) is 4.98 Å². The minimum atomic E-state index is -0.231. The minimum Gasteiger partial charge on any atom is -0.487 e. The molecule has 1 saturated carbocycles. The Bertz CT molecular complexity index is 489. The zero-order valence-electron chi connectivity index (χ0n) is 11.9. The highest BCUT2D eigenvalue weighted by Gasteiger charge is 2.45. The molecule has 0 aromatic carbocycles. The van der Waals surface area contributed by atoms with Crippen molar-refractivity contribution in [3.8, 4) is 11.6 Å². The molecule has 1 aliphatic heterocycles. The van der Waals surface area contributed by atoms with Crippen LogP contribution < -0.4 is 15.2 Å². The van der Waals surface area contributed by atoms with Crippen LogP contribution in [0.3, 0.4) is 0 Å². The lowest BCUT2D eigenvalue weighted by molar-refractivity contribution is -0.0371. The highest BCUT2D eigenvalue weighted by Crippen LogP contribution is 2.47. The lowest BCUT2D eigenvalue weighted by Gasteiger charge is -2.46. The molecule has 19 heavy (non-hydrogen) atoms. The van der Waals surface area contributed by atoms with Gasteiger partial charge in [0.25, 0.3) is 0 Å². The Morgan fingerprint density at radius 2 is 2.16 bits per heavy atom. The van der Waals surface area contributed by atoms with Gasteiger partial charge in [-0.1, -0.05) is 0 Å². The first-order valence-corrected chi connectivity index (χ1v) is 7.01. The van der Waals surface area contributed by atoms with Gasteiger partial charge in [0.05, 0.1) is 6.20 Å². The summed E-state index contributed by atoms with van der Waals surface area (Å²) in [5.74, 6) is 1.45. The molecule has 4 nitrogen and oxygen atoms in total. The summed E-state index contributed by atoms with van der Waals surface area (Å²) >= 11 is 0. The largest absolute Gasteiger partial charge is 0.487 e. The summed E-state index contributed by atoms with van der Waals surface area (Å²) < 4.78 is 11.9. The second-order valence-electron chi connectivity index (χ2n) is 6.73. The Labute approximate surface area is 114 Å². The van der Waals surface area contributed by atoms with Gasteiger partial charge in [-0.15, -0.1) is 0 Å². The van der Waals surface area contributed by atoms with Crippen molar-refractivity contribution in [3.05, 3.63) is 17.8 Å². The second-order valence-corrected chi connectivity index (χ2v) is 6.73. The maximum absolute atomic E-state index is 6.29. The Morgan fingerprint density at radius 3 is 2.74 bits per heavy atom. The summed E-state index contributed by atoms with van der Waals surface area (Å²) in [5, 5.41) is 0. The zero-order valence-corrected chi connectivity index (χ0v) is 11.9. The Kier molecular flexibility index (Phi) is 2.75. The maximum atomic E-state index is 6.29. The van der Waals surface area contributed by atoms with Crippen LogP contribution in [0, 0.1) is 0 Å². The van der Waals surface area contributed by atoms with E-state index in [1.165, 1.54) is 6.42 Å². The minimum absolute atomic E-state index is 0.0000633. The van der Waals surface area contributed by atoms with Crippen LogP contribution in [0.15, 0.2) is 12.3 Å². The smallest absolute Gasteiger partial charge is 0.218 e. The molecular weight excluding hydrogens is 240 g/mol. The summed E-state index contributed by atoms with van der Waals surface area (Å²) in [5.41, 5.74) is 6.99. The number of pyridine rings is 1. The van der Waals surface area contributed by atoms with E-state index < -0.39 is 0 Å². The first kappa shape index (κ1) is 12.7. The third-order valence-corrected chi connectivity index (χ3v) is 3.85. The van der Waals surface area contributed by atoms with E-state index in [1.54, 1.807) is 6.20 Å². The van der Waals surface area contributed by atoms with Crippen LogP contribution in [0.5, 0.6) is 11.6 Å². The molecule has 2 N–H and O–H groups in total. The molecule has 1 atom stereocenters. The van der Waals surface area contributed by atoms with E-state index in [-0.39, 0.29) is 17.2 Å². The van der Waals surface area contributed by atoms with E-state index in [4.69, 9.17) is 15.2 Å². The number of hydrogen-bond donors (Lipinski definition) is 1. The average molecular weight is 262 g/mol. The monoisotopic (exact) mass is 262 g/mol.